The Kier molecular flexibility index (Phi) is 5.31. The van der Waals surface area contributed by atoms with Crippen LogP contribution in [0.1, 0.15) is 42.5 Å². The molecular formula is C18H22FN. The number of nitrogens with one attached hydrogen (secondary N) is 1. The highest BCUT2D eigenvalue weighted by atomic mass is 19.1. The summed E-state index contributed by atoms with van der Waals surface area (Å²) >= 11 is 0. The van der Waals surface area contributed by atoms with Crippen LogP contribution in [-0.4, -0.2) is 7.05 Å². The van der Waals surface area contributed by atoms with Crippen molar-refractivity contribution in [2.45, 2.75) is 32.2 Å². The summed E-state index contributed by atoms with van der Waals surface area (Å²) in [5, 5.41) is 3.20. The molecule has 0 bridgehead atoms. The first kappa shape index (κ1) is 14.7. The maximum Gasteiger partial charge on any atom is 0.128 e. The fourth-order valence-corrected chi connectivity index (χ4v) is 2.47. The SMILES string of the molecule is CCCCc1ccc(C(NC)c2ccccc2F)cc1. The number of halogens is 1. The maximum absolute atomic E-state index is 13.9. The molecule has 1 atom stereocenters. The Morgan fingerprint density at radius 3 is 2.35 bits per heavy atom. The van der Waals surface area contributed by atoms with Crippen LogP contribution >= 0.6 is 0 Å². The molecule has 0 amide bonds. The van der Waals surface area contributed by atoms with Crippen molar-refractivity contribution >= 4 is 0 Å². The molecule has 0 radical (unpaired) electrons. The van der Waals surface area contributed by atoms with Gasteiger partial charge in [0.05, 0.1) is 6.04 Å². The minimum absolute atomic E-state index is 0.101. The van der Waals surface area contributed by atoms with Crippen LogP contribution in [0.3, 0.4) is 0 Å². The average Bonchev–Trinajstić information content (AvgIpc) is 2.49. The molecule has 2 heteroatoms. The Hall–Kier alpha value is -1.67. The lowest BCUT2D eigenvalue weighted by Gasteiger charge is -2.18. The molecule has 0 aromatic heterocycles. The maximum atomic E-state index is 13.9. The van der Waals surface area contributed by atoms with Crippen molar-refractivity contribution in [3.8, 4) is 0 Å². The van der Waals surface area contributed by atoms with E-state index in [0.29, 0.717) is 5.56 Å². The van der Waals surface area contributed by atoms with Gasteiger partial charge in [-0.3, -0.25) is 0 Å². The first-order valence-electron chi connectivity index (χ1n) is 7.26. The Bertz CT molecular complexity index is 533. The van der Waals surface area contributed by atoms with Crippen LogP contribution < -0.4 is 5.32 Å². The van der Waals surface area contributed by atoms with Crippen molar-refractivity contribution in [2.24, 2.45) is 0 Å². The minimum atomic E-state index is -0.165. The first-order valence-corrected chi connectivity index (χ1v) is 7.26. The molecule has 2 aromatic carbocycles. The molecule has 0 saturated carbocycles. The molecule has 1 unspecified atom stereocenters. The van der Waals surface area contributed by atoms with E-state index in [4.69, 9.17) is 0 Å². The van der Waals surface area contributed by atoms with Crippen LogP contribution in [0.25, 0.3) is 0 Å². The molecule has 1 nitrogen and oxygen atoms in total. The standard InChI is InChI=1S/C18H22FN/c1-3-4-7-14-10-12-15(13-11-14)18(20-2)16-8-5-6-9-17(16)19/h5-6,8-13,18,20H,3-4,7H2,1-2H3. The lowest BCUT2D eigenvalue weighted by atomic mass is 9.96. The van der Waals surface area contributed by atoms with Gasteiger partial charge in [-0.1, -0.05) is 55.8 Å². The number of unbranched alkanes of at least 4 members (excludes halogenated alkanes) is 1. The topological polar surface area (TPSA) is 12.0 Å². The second kappa shape index (κ2) is 7.20. The fourth-order valence-electron chi connectivity index (χ4n) is 2.47. The summed E-state index contributed by atoms with van der Waals surface area (Å²) in [6, 6.07) is 15.3. The summed E-state index contributed by atoms with van der Waals surface area (Å²) < 4.78 is 13.9. The molecule has 20 heavy (non-hydrogen) atoms. The van der Waals surface area contributed by atoms with E-state index in [0.717, 1.165) is 12.0 Å². The van der Waals surface area contributed by atoms with Crippen molar-refractivity contribution in [1.29, 1.82) is 0 Å². The number of benzene rings is 2. The smallest absolute Gasteiger partial charge is 0.128 e. The highest BCUT2D eigenvalue weighted by molar-refractivity contribution is 5.34. The third-order valence-electron chi connectivity index (χ3n) is 3.64. The summed E-state index contributed by atoms with van der Waals surface area (Å²) in [5.74, 6) is -0.165. The van der Waals surface area contributed by atoms with Gasteiger partial charge in [-0.15, -0.1) is 0 Å². The molecule has 0 aliphatic heterocycles. The number of rotatable bonds is 6. The molecule has 0 fully saturated rings. The average molecular weight is 271 g/mol. The number of aryl methyl sites for hydroxylation is 1. The van der Waals surface area contributed by atoms with Crippen LogP contribution in [0.5, 0.6) is 0 Å². The van der Waals surface area contributed by atoms with Crippen LogP contribution in [0.15, 0.2) is 48.5 Å². The quantitative estimate of drug-likeness (QED) is 0.817. The van der Waals surface area contributed by atoms with Gasteiger partial charge in [0.2, 0.25) is 0 Å². The van der Waals surface area contributed by atoms with Crippen molar-refractivity contribution in [3.63, 3.8) is 0 Å². The summed E-state index contributed by atoms with van der Waals surface area (Å²) in [4.78, 5) is 0. The Labute approximate surface area is 120 Å². The summed E-state index contributed by atoms with van der Waals surface area (Å²) in [6.45, 7) is 2.20. The van der Waals surface area contributed by atoms with E-state index in [1.54, 1.807) is 6.07 Å². The zero-order chi connectivity index (χ0) is 14.4. The molecule has 1 N–H and O–H groups in total. The van der Waals surface area contributed by atoms with Crippen LogP contribution in [0, 0.1) is 5.82 Å². The summed E-state index contributed by atoms with van der Waals surface area (Å²) in [6.07, 6.45) is 3.53. The third-order valence-corrected chi connectivity index (χ3v) is 3.64. The van der Waals surface area contributed by atoms with Crippen molar-refractivity contribution in [1.82, 2.24) is 5.32 Å². The van der Waals surface area contributed by atoms with Crippen LogP contribution in [0.4, 0.5) is 4.39 Å². The van der Waals surface area contributed by atoms with Gasteiger partial charge in [-0.25, -0.2) is 4.39 Å². The zero-order valence-electron chi connectivity index (χ0n) is 12.2. The minimum Gasteiger partial charge on any atom is -0.309 e. The number of hydrogen-bond donors (Lipinski definition) is 1. The fraction of sp³-hybridized carbons (Fsp3) is 0.333. The molecule has 0 saturated heterocycles. The van der Waals surface area contributed by atoms with Crippen molar-refractivity contribution < 1.29 is 4.39 Å². The lowest BCUT2D eigenvalue weighted by Crippen LogP contribution is -2.18. The lowest BCUT2D eigenvalue weighted by molar-refractivity contribution is 0.576. The number of hydrogen-bond acceptors (Lipinski definition) is 1. The van der Waals surface area contributed by atoms with Gasteiger partial charge in [0, 0.05) is 5.56 Å². The first-order chi connectivity index (χ1) is 9.76. The third kappa shape index (κ3) is 3.45. The Morgan fingerprint density at radius 1 is 1.05 bits per heavy atom. The molecule has 2 rings (SSSR count). The monoisotopic (exact) mass is 271 g/mol. The molecule has 2 aromatic rings. The normalized spacial score (nSPS) is 12.3. The molecule has 0 spiro atoms. The van der Waals surface area contributed by atoms with Gasteiger partial charge in [-0.2, -0.15) is 0 Å². The predicted molar refractivity (Wildman–Crippen MR) is 82.4 cm³/mol. The highest BCUT2D eigenvalue weighted by Gasteiger charge is 2.15. The van der Waals surface area contributed by atoms with Gasteiger partial charge < -0.3 is 5.32 Å². The molecule has 0 aliphatic rings. The van der Waals surface area contributed by atoms with E-state index in [9.17, 15) is 4.39 Å². The second-order valence-electron chi connectivity index (χ2n) is 5.09. The van der Waals surface area contributed by atoms with E-state index in [1.807, 2.05) is 19.2 Å². The molecular weight excluding hydrogens is 249 g/mol. The van der Waals surface area contributed by atoms with E-state index >= 15 is 0 Å². The Morgan fingerprint density at radius 2 is 1.75 bits per heavy atom. The highest BCUT2D eigenvalue weighted by Crippen LogP contribution is 2.24. The van der Waals surface area contributed by atoms with Gasteiger partial charge in [-0.05, 0) is 37.1 Å². The largest absolute Gasteiger partial charge is 0.309 e. The van der Waals surface area contributed by atoms with Gasteiger partial charge in [0.25, 0.3) is 0 Å². The van der Waals surface area contributed by atoms with Crippen LogP contribution in [-0.2, 0) is 6.42 Å². The van der Waals surface area contributed by atoms with Gasteiger partial charge >= 0.3 is 0 Å². The van der Waals surface area contributed by atoms with Gasteiger partial charge in [0.15, 0.2) is 0 Å². The van der Waals surface area contributed by atoms with E-state index in [1.165, 1.54) is 24.5 Å². The van der Waals surface area contributed by atoms with E-state index < -0.39 is 0 Å². The molecule has 106 valence electrons. The van der Waals surface area contributed by atoms with Gasteiger partial charge in [0.1, 0.15) is 5.82 Å². The van der Waals surface area contributed by atoms with E-state index in [-0.39, 0.29) is 11.9 Å². The van der Waals surface area contributed by atoms with Crippen molar-refractivity contribution in [2.75, 3.05) is 7.05 Å². The van der Waals surface area contributed by atoms with Crippen LogP contribution in [0.2, 0.25) is 0 Å². The summed E-state index contributed by atoms with van der Waals surface area (Å²) in [5.41, 5.74) is 3.13. The van der Waals surface area contributed by atoms with E-state index in [2.05, 4.69) is 36.5 Å². The molecule has 0 aliphatic carbocycles. The Balaban J connectivity index is 2.22. The predicted octanol–water partition coefficient (Wildman–Crippen LogP) is 4.48. The summed E-state index contributed by atoms with van der Waals surface area (Å²) in [7, 11) is 1.86. The van der Waals surface area contributed by atoms with Crippen molar-refractivity contribution in [3.05, 3.63) is 71.0 Å². The second-order valence-corrected chi connectivity index (χ2v) is 5.09. The zero-order valence-corrected chi connectivity index (χ0v) is 12.2. The molecule has 0 heterocycles.